The summed E-state index contributed by atoms with van der Waals surface area (Å²) in [5.74, 6) is -1.50. The van der Waals surface area contributed by atoms with Crippen LogP contribution >= 0.6 is 11.6 Å². The molecule has 0 aliphatic rings. The molecular weight excluding hydrogens is 345 g/mol. The topological polar surface area (TPSA) is 55.4 Å². The molecule has 1 unspecified atom stereocenters. The summed E-state index contributed by atoms with van der Waals surface area (Å²) in [5.41, 5.74) is 2.04. The van der Waals surface area contributed by atoms with Crippen molar-refractivity contribution in [3.8, 4) is 0 Å². The van der Waals surface area contributed by atoms with Gasteiger partial charge in [0.25, 0.3) is 5.91 Å². The molecule has 0 saturated heterocycles. The van der Waals surface area contributed by atoms with Gasteiger partial charge < -0.3 is 10.1 Å². The second-order valence-electron chi connectivity index (χ2n) is 5.41. The van der Waals surface area contributed by atoms with Crippen LogP contribution in [0.1, 0.15) is 18.1 Å². The van der Waals surface area contributed by atoms with Gasteiger partial charge in [-0.1, -0.05) is 29.8 Å². The third-order valence-corrected chi connectivity index (χ3v) is 3.64. The number of hydrogen-bond donors (Lipinski definition) is 1. The molecule has 2 rings (SSSR count). The number of esters is 1. The fraction of sp³-hybridized carbons (Fsp3) is 0.158. The van der Waals surface area contributed by atoms with E-state index >= 15 is 0 Å². The lowest BCUT2D eigenvalue weighted by atomic mass is 10.2. The maximum Gasteiger partial charge on any atom is 0.331 e. The highest BCUT2D eigenvalue weighted by Gasteiger charge is 2.17. The first-order valence-corrected chi connectivity index (χ1v) is 7.94. The summed E-state index contributed by atoms with van der Waals surface area (Å²) >= 11 is 5.90. The number of carbonyl (C=O) groups is 2. The first-order valence-electron chi connectivity index (χ1n) is 7.56. The van der Waals surface area contributed by atoms with Crippen LogP contribution in [-0.4, -0.2) is 18.0 Å². The van der Waals surface area contributed by atoms with E-state index in [-0.39, 0.29) is 5.82 Å². The molecule has 1 atom stereocenters. The first kappa shape index (κ1) is 18.7. The molecule has 4 nitrogen and oxygen atoms in total. The van der Waals surface area contributed by atoms with Crippen LogP contribution in [0.25, 0.3) is 6.08 Å². The van der Waals surface area contributed by atoms with E-state index in [1.165, 1.54) is 43.3 Å². The molecule has 1 amide bonds. The standard InChI is InChI=1S/C19H17ClFNO3/c1-12-3-7-15(20)11-17(12)22-19(24)13(2)25-18(23)10-6-14-4-8-16(21)9-5-14/h3-11,13H,1-2H3,(H,22,24)/b10-6+. The molecule has 0 heterocycles. The van der Waals surface area contributed by atoms with Gasteiger partial charge in [0.2, 0.25) is 0 Å². The van der Waals surface area contributed by atoms with Crippen molar-refractivity contribution in [3.63, 3.8) is 0 Å². The Morgan fingerprint density at radius 3 is 2.56 bits per heavy atom. The number of hydrogen-bond acceptors (Lipinski definition) is 3. The van der Waals surface area contributed by atoms with Crippen LogP contribution in [0.5, 0.6) is 0 Å². The number of aryl methyl sites for hydroxylation is 1. The SMILES string of the molecule is Cc1ccc(Cl)cc1NC(=O)C(C)OC(=O)/C=C/c1ccc(F)cc1. The van der Waals surface area contributed by atoms with Gasteiger partial charge in [-0.05, 0) is 55.3 Å². The lowest BCUT2D eigenvalue weighted by molar-refractivity contribution is -0.148. The number of nitrogens with one attached hydrogen (secondary N) is 1. The van der Waals surface area contributed by atoms with Gasteiger partial charge in [-0.25, -0.2) is 9.18 Å². The molecule has 0 aliphatic carbocycles. The molecule has 0 fully saturated rings. The number of amides is 1. The predicted octanol–water partition coefficient (Wildman–Crippen LogP) is 4.37. The molecule has 130 valence electrons. The van der Waals surface area contributed by atoms with Gasteiger partial charge in [0, 0.05) is 16.8 Å². The van der Waals surface area contributed by atoms with E-state index in [0.717, 1.165) is 5.56 Å². The monoisotopic (exact) mass is 361 g/mol. The highest BCUT2D eigenvalue weighted by atomic mass is 35.5. The third-order valence-electron chi connectivity index (χ3n) is 3.40. The van der Waals surface area contributed by atoms with E-state index in [1.807, 2.05) is 6.92 Å². The highest BCUT2D eigenvalue weighted by molar-refractivity contribution is 6.31. The second kappa shape index (κ2) is 8.44. The fourth-order valence-electron chi connectivity index (χ4n) is 1.97. The summed E-state index contributed by atoms with van der Waals surface area (Å²) in [6.45, 7) is 3.30. The van der Waals surface area contributed by atoms with Crippen molar-refractivity contribution in [3.05, 3.63) is 70.5 Å². The van der Waals surface area contributed by atoms with Crippen LogP contribution in [0.3, 0.4) is 0 Å². The molecule has 2 aromatic rings. The Bertz CT molecular complexity index is 803. The molecule has 0 saturated carbocycles. The smallest absolute Gasteiger partial charge is 0.331 e. The van der Waals surface area contributed by atoms with Crippen molar-refractivity contribution in [1.82, 2.24) is 0 Å². The average Bonchev–Trinajstić information content (AvgIpc) is 2.57. The molecule has 1 N–H and O–H groups in total. The van der Waals surface area contributed by atoms with Crippen molar-refractivity contribution in [2.45, 2.75) is 20.0 Å². The molecule has 25 heavy (non-hydrogen) atoms. The molecule has 0 bridgehead atoms. The number of halogens is 2. The van der Waals surface area contributed by atoms with Gasteiger partial charge in [-0.15, -0.1) is 0 Å². The Morgan fingerprint density at radius 2 is 1.88 bits per heavy atom. The normalized spacial score (nSPS) is 12.0. The second-order valence-corrected chi connectivity index (χ2v) is 5.85. The Kier molecular flexibility index (Phi) is 6.31. The van der Waals surface area contributed by atoms with Crippen LogP contribution < -0.4 is 5.32 Å². The Morgan fingerprint density at radius 1 is 1.20 bits per heavy atom. The summed E-state index contributed by atoms with van der Waals surface area (Å²) in [7, 11) is 0. The van der Waals surface area contributed by atoms with Crippen molar-refractivity contribution in [1.29, 1.82) is 0 Å². The number of benzene rings is 2. The van der Waals surface area contributed by atoms with Crippen molar-refractivity contribution in [2.75, 3.05) is 5.32 Å². The minimum Gasteiger partial charge on any atom is -0.449 e. The van der Waals surface area contributed by atoms with Crippen LogP contribution in [0.15, 0.2) is 48.5 Å². The maximum absolute atomic E-state index is 12.8. The number of anilines is 1. The number of carbonyl (C=O) groups excluding carboxylic acids is 2. The van der Waals surface area contributed by atoms with Crippen molar-refractivity contribution >= 4 is 35.2 Å². The van der Waals surface area contributed by atoms with E-state index < -0.39 is 18.0 Å². The molecule has 0 aromatic heterocycles. The molecular formula is C19H17ClFNO3. The predicted molar refractivity (Wildman–Crippen MR) is 95.8 cm³/mol. The van der Waals surface area contributed by atoms with Crippen LogP contribution in [0.4, 0.5) is 10.1 Å². The molecule has 0 aliphatic heterocycles. The van der Waals surface area contributed by atoms with E-state index in [4.69, 9.17) is 16.3 Å². The van der Waals surface area contributed by atoms with E-state index in [0.29, 0.717) is 16.3 Å². The van der Waals surface area contributed by atoms with Gasteiger partial charge in [-0.3, -0.25) is 4.79 Å². The van der Waals surface area contributed by atoms with E-state index in [1.54, 1.807) is 18.2 Å². The van der Waals surface area contributed by atoms with Gasteiger partial charge in [-0.2, -0.15) is 0 Å². The lowest BCUT2D eigenvalue weighted by Gasteiger charge is -2.14. The quantitative estimate of drug-likeness (QED) is 0.635. The zero-order valence-electron chi connectivity index (χ0n) is 13.8. The third kappa shape index (κ3) is 5.72. The van der Waals surface area contributed by atoms with Crippen LogP contribution in [-0.2, 0) is 14.3 Å². The van der Waals surface area contributed by atoms with Crippen LogP contribution in [0, 0.1) is 12.7 Å². The molecule has 0 radical (unpaired) electrons. The summed E-state index contributed by atoms with van der Waals surface area (Å²) in [4.78, 5) is 23.9. The van der Waals surface area contributed by atoms with Crippen molar-refractivity contribution < 1.29 is 18.7 Å². The lowest BCUT2D eigenvalue weighted by Crippen LogP contribution is -2.29. The Hall–Kier alpha value is -2.66. The zero-order valence-corrected chi connectivity index (χ0v) is 14.5. The Labute approximate surface area is 150 Å². The zero-order chi connectivity index (χ0) is 18.4. The highest BCUT2D eigenvalue weighted by Crippen LogP contribution is 2.20. The average molecular weight is 362 g/mol. The Balaban J connectivity index is 1.92. The van der Waals surface area contributed by atoms with Gasteiger partial charge >= 0.3 is 5.97 Å². The molecule has 2 aromatic carbocycles. The number of rotatable bonds is 5. The minimum absolute atomic E-state index is 0.360. The number of ether oxygens (including phenoxy) is 1. The van der Waals surface area contributed by atoms with E-state index in [9.17, 15) is 14.0 Å². The van der Waals surface area contributed by atoms with Gasteiger partial charge in [0.1, 0.15) is 5.82 Å². The minimum atomic E-state index is -0.983. The summed E-state index contributed by atoms with van der Waals surface area (Å²) in [6.07, 6.45) is 1.68. The first-order chi connectivity index (χ1) is 11.8. The summed E-state index contributed by atoms with van der Waals surface area (Å²) in [5, 5.41) is 3.16. The largest absolute Gasteiger partial charge is 0.449 e. The maximum atomic E-state index is 12.8. The fourth-order valence-corrected chi connectivity index (χ4v) is 2.14. The summed E-state index contributed by atoms with van der Waals surface area (Å²) in [6, 6.07) is 10.7. The van der Waals surface area contributed by atoms with Gasteiger partial charge in [0.15, 0.2) is 6.10 Å². The summed E-state index contributed by atoms with van der Waals surface area (Å²) < 4.78 is 17.9. The van der Waals surface area contributed by atoms with Crippen molar-refractivity contribution in [2.24, 2.45) is 0 Å². The van der Waals surface area contributed by atoms with Gasteiger partial charge in [0.05, 0.1) is 0 Å². The van der Waals surface area contributed by atoms with Crippen LogP contribution in [0.2, 0.25) is 5.02 Å². The molecule has 0 spiro atoms. The van der Waals surface area contributed by atoms with E-state index in [2.05, 4.69) is 5.32 Å². The molecule has 6 heteroatoms.